The maximum Gasteiger partial charge on any atom is 0.251 e. The number of hydrogen-bond acceptors (Lipinski definition) is 3. The molecule has 0 aromatic heterocycles. The Bertz CT molecular complexity index is 787. The van der Waals surface area contributed by atoms with Crippen LogP contribution in [0.4, 0.5) is 0 Å². The Balaban J connectivity index is 5.75. The van der Waals surface area contributed by atoms with Gasteiger partial charge >= 0.3 is 0 Å². The van der Waals surface area contributed by atoms with Crippen molar-refractivity contribution in [2.45, 2.75) is 79.6 Å². The number of carbonyl (C=O) groups excluding carboxylic acids is 2. The smallest absolute Gasteiger partial charge is 0.251 e. The topological polar surface area (TPSA) is 61.4 Å². The van der Waals surface area contributed by atoms with E-state index in [0.29, 0.717) is 29.1 Å². The first-order valence-corrected chi connectivity index (χ1v) is 12.7. The number of hydrogen-bond donors (Lipinski definition) is 2. The van der Waals surface area contributed by atoms with Gasteiger partial charge in [0.2, 0.25) is 0 Å². The molecule has 0 heterocycles. The van der Waals surface area contributed by atoms with Crippen LogP contribution in [0.2, 0.25) is 0 Å². The highest BCUT2D eigenvalue weighted by Crippen LogP contribution is 2.18. The van der Waals surface area contributed by atoms with Crippen LogP contribution in [0.1, 0.15) is 79.6 Å². The molecule has 5 nitrogen and oxygen atoms in total. The Morgan fingerprint density at radius 2 is 1.68 bits per heavy atom. The van der Waals surface area contributed by atoms with Crippen LogP contribution in [-0.2, 0) is 9.59 Å². The predicted molar refractivity (Wildman–Crippen MR) is 146 cm³/mol. The van der Waals surface area contributed by atoms with Gasteiger partial charge in [-0.3, -0.25) is 9.59 Å². The Hall–Kier alpha value is -2.82. The summed E-state index contributed by atoms with van der Waals surface area (Å²) in [6.45, 7) is 24.3. The SMILES string of the molecule is C=C/C=C(\CC)CCCN(CCC)C(=C)/C(=C\C(=C)C(=O)NCCCC)NC(=O)/C(C)=C/CC. The molecular weight excluding hydrogens is 422 g/mol. The predicted octanol–water partition coefficient (Wildman–Crippen LogP) is 6.34. The summed E-state index contributed by atoms with van der Waals surface area (Å²) in [6.07, 6.45) is 14.0. The van der Waals surface area contributed by atoms with Gasteiger partial charge in [-0.15, -0.1) is 0 Å². The maximum absolute atomic E-state index is 12.8. The second-order valence-corrected chi connectivity index (χ2v) is 8.39. The van der Waals surface area contributed by atoms with Gasteiger partial charge in [-0.1, -0.05) is 77.7 Å². The lowest BCUT2D eigenvalue weighted by atomic mass is 10.1. The maximum atomic E-state index is 12.8. The summed E-state index contributed by atoms with van der Waals surface area (Å²) >= 11 is 0. The lowest BCUT2D eigenvalue weighted by Gasteiger charge is -2.28. The molecule has 0 atom stereocenters. The first-order valence-electron chi connectivity index (χ1n) is 12.7. The van der Waals surface area contributed by atoms with Crippen LogP contribution in [0.5, 0.6) is 0 Å². The minimum Gasteiger partial charge on any atom is -0.370 e. The van der Waals surface area contributed by atoms with E-state index in [0.717, 1.165) is 58.0 Å². The molecule has 0 unspecified atom stereocenters. The van der Waals surface area contributed by atoms with Crippen LogP contribution in [0.25, 0.3) is 0 Å². The fourth-order valence-electron chi connectivity index (χ4n) is 3.41. The zero-order chi connectivity index (χ0) is 25.9. The van der Waals surface area contributed by atoms with Crippen molar-refractivity contribution in [2.24, 2.45) is 0 Å². The summed E-state index contributed by atoms with van der Waals surface area (Å²) in [5.41, 5.74) is 3.48. The zero-order valence-electron chi connectivity index (χ0n) is 22.3. The third-order valence-corrected chi connectivity index (χ3v) is 5.46. The van der Waals surface area contributed by atoms with E-state index in [1.54, 1.807) is 13.0 Å². The molecule has 0 aliphatic carbocycles. The van der Waals surface area contributed by atoms with Gasteiger partial charge in [0, 0.05) is 30.8 Å². The average Bonchev–Trinajstić information content (AvgIpc) is 2.81. The molecule has 190 valence electrons. The van der Waals surface area contributed by atoms with Gasteiger partial charge in [0.1, 0.15) is 0 Å². The molecule has 0 aliphatic heterocycles. The van der Waals surface area contributed by atoms with Crippen molar-refractivity contribution in [2.75, 3.05) is 19.6 Å². The highest BCUT2D eigenvalue weighted by molar-refractivity contribution is 5.97. The lowest BCUT2D eigenvalue weighted by Crippen LogP contribution is -2.33. The van der Waals surface area contributed by atoms with E-state index in [4.69, 9.17) is 0 Å². The Kier molecular flexibility index (Phi) is 17.0. The minimum atomic E-state index is -0.238. The van der Waals surface area contributed by atoms with Crippen molar-refractivity contribution in [3.05, 3.63) is 72.2 Å². The molecular formula is C29H47N3O2. The quantitative estimate of drug-likeness (QED) is 0.140. The van der Waals surface area contributed by atoms with Gasteiger partial charge < -0.3 is 15.5 Å². The van der Waals surface area contributed by atoms with Crippen LogP contribution in [-0.4, -0.2) is 36.3 Å². The largest absolute Gasteiger partial charge is 0.370 e. The summed E-state index contributed by atoms with van der Waals surface area (Å²) in [7, 11) is 0. The van der Waals surface area contributed by atoms with E-state index < -0.39 is 0 Å². The highest BCUT2D eigenvalue weighted by Gasteiger charge is 2.17. The molecule has 0 radical (unpaired) electrons. The normalized spacial score (nSPS) is 12.2. The van der Waals surface area contributed by atoms with Gasteiger partial charge in [-0.2, -0.15) is 0 Å². The standard InChI is InChI=1S/C29H47N3O2/c1-9-14-19-30-28(33)24(7)22-27(31-29(34)23(6)16-10-2)25(8)32(20-12-4)21-15-18-26(13-5)17-11-3/h11,16-17,22H,3,7-10,12-15,18-21H2,1-2,4-6H3,(H,30,33)(H,31,34)/b23-16+,26-17+,27-22+. The van der Waals surface area contributed by atoms with E-state index in [9.17, 15) is 9.59 Å². The molecule has 0 saturated heterocycles. The fourth-order valence-corrected chi connectivity index (χ4v) is 3.41. The molecule has 2 amide bonds. The van der Waals surface area contributed by atoms with E-state index in [1.165, 1.54) is 5.57 Å². The van der Waals surface area contributed by atoms with Crippen LogP contribution in [0.15, 0.2) is 72.2 Å². The van der Waals surface area contributed by atoms with Gasteiger partial charge in [0.25, 0.3) is 11.8 Å². The van der Waals surface area contributed by atoms with Crippen molar-refractivity contribution < 1.29 is 9.59 Å². The molecule has 0 bridgehead atoms. The molecule has 0 aromatic rings. The van der Waals surface area contributed by atoms with Crippen molar-refractivity contribution in [1.29, 1.82) is 0 Å². The molecule has 0 aliphatic rings. The summed E-state index contributed by atoms with van der Waals surface area (Å²) in [5.74, 6) is -0.440. The molecule has 0 saturated carbocycles. The minimum absolute atomic E-state index is 0.202. The van der Waals surface area contributed by atoms with Gasteiger partial charge in [0.05, 0.1) is 11.4 Å². The number of rotatable bonds is 18. The number of nitrogens with zero attached hydrogens (tertiary/aromatic N) is 1. The summed E-state index contributed by atoms with van der Waals surface area (Å²) in [4.78, 5) is 27.5. The Morgan fingerprint density at radius 1 is 0.971 bits per heavy atom. The number of nitrogens with one attached hydrogen (secondary N) is 2. The van der Waals surface area contributed by atoms with Crippen LogP contribution < -0.4 is 10.6 Å². The van der Waals surface area contributed by atoms with Gasteiger partial charge in [-0.25, -0.2) is 0 Å². The van der Waals surface area contributed by atoms with E-state index in [1.807, 2.05) is 19.1 Å². The second-order valence-electron chi connectivity index (χ2n) is 8.39. The van der Waals surface area contributed by atoms with Crippen LogP contribution >= 0.6 is 0 Å². The Morgan fingerprint density at radius 3 is 2.24 bits per heavy atom. The fraction of sp³-hybridized carbons (Fsp3) is 0.517. The molecule has 0 fully saturated rings. The van der Waals surface area contributed by atoms with E-state index >= 15 is 0 Å². The average molecular weight is 470 g/mol. The van der Waals surface area contributed by atoms with E-state index in [-0.39, 0.29) is 11.8 Å². The molecule has 0 spiro atoms. The summed E-state index contributed by atoms with van der Waals surface area (Å²) < 4.78 is 0. The first-order chi connectivity index (χ1) is 16.2. The lowest BCUT2D eigenvalue weighted by molar-refractivity contribution is -0.118. The molecule has 0 aromatic carbocycles. The third-order valence-electron chi connectivity index (χ3n) is 5.46. The third kappa shape index (κ3) is 12.4. The second kappa shape index (κ2) is 18.6. The van der Waals surface area contributed by atoms with Gasteiger partial charge in [-0.05, 0) is 51.5 Å². The molecule has 34 heavy (non-hydrogen) atoms. The first kappa shape index (κ1) is 31.2. The number of allylic oxidation sites excluding steroid dienone is 4. The summed E-state index contributed by atoms with van der Waals surface area (Å²) in [5, 5.41) is 5.85. The van der Waals surface area contributed by atoms with Crippen molar-refractivity contribution in [3.8, 4) is 0 Å². The number of unbranched alkanes of at least 4 members (excludes halogenated alkanes) is 1. The van der Waals surface area contributed by atoms with Crippen LogP contribution in [0.3, 0.4) is 0 Å². The van der Waals surface area contributed by atoms with Gasteiger partial charge in [0.15, 0.2) is 0 Å². The monoisotopic (exact) mass is 469 g/mol. The van der Waals surface area contributed by atoms with Crippen molar-refractivity contribution >= 4 is 11.8 Å². The zero-order valence-corrected chi connectivity index (χ0v) is 22.3. The summed E-state index contributed by atoms with van der Waals surface area (Å²) in [6, 6.07) is 0. The van der Waals surface area contributed by atoms with Crippen molar-refractivity contribution in [1.82, 2.24) is 15.5 Å². The highest BCUT2D eigenvalue weighted by atomic mass is 16.2. The molecule has 0 rings (SSSR count). The number of amides is 2. The number of carbonyl (C=O) groups is 2. The molecule has 2 N–H and O–H groups in total. The van der Waals surface area contributed by atoms with Crippen molar-refractivity contribution in [3.63, 3.8) is 0 Å². The van der Waals surface area contributed by atoms with E-state index in [2.05, 4.69) is 62.1 Å². The molecule has 5 heteroatoms. The van der Waals surface area contributed by atoms with Crippen LogP contribution in [0, 0.1) is 0 Å². The Labute approximate surface area is 208 Å².